The maximum Gasteiger partial charge on any atom is 0.352 e. The van der Waals surface area contributed by atoms with Gasteiger partial charge < -0.3 is 14.4 Å². The van der Waals surface area contributed by atoms with Crippen molar-refractivity contribution in [2.75, 3.05) is 26.8 Å². The Morgan fingerprint density at radius 2 is 2.16 bits per heavy atom. The molecule has 0 amide bonds. The van der Waals surface area contributed by atoms with E-state index in [9.17, 15) is 13.2 Å². The molecule has 0 aliphatic carbocycles. The second kappa shape index (κ2) is 6.18. The van der Waals surface area contributed by atoms with E-state index in [1.165, 1.54) is 24.9 Å². The van der Waals surface area contributed by atoms with Crippen LogP contribution in [0, 0.1) is 0 Å². The molecule has 0 aliphatic heterocycles. The highest BCUT2D eigenvalue weighted by atomic mass is 32.2. The third-order valence-corrected chi connectivity index (χ3v) is 4.48. The zero-order valence-corrected chi connectivity index (χ0v) is 12.0. The van der Waals surface area contributed by atoms with Crippen LogP contribution >= 0.6 is 0 Å². The van der Waals surface area contributed by atoms with Crippen LogP contribution < -0.4 is 0 Å². The molecule has 0 saturated carbocycles. The van der Waals surface area contributed by atoms with Gasteiger partial charge in [0.25, 0.3) is 0 Å². The summed E-state index contributed by atoms with van der Waals surface area (Å²) in [5.41, 5.74) is -0.0724. The zero-order chi connectivity index (χ0) is 14.6. The summed E-state index contributed by atoms with van der Waals surface area (Å²) >= 11 is 0. The monoisotopic (exact) mass is 290 g/mol. The van der Waals surface area contributed by atoms with E-state index in [-0.39, 0.29) is 17.1 Å². The number of carboxylic acid groups (broad SMARTS) is 1. The molecule has 1 rings (SSSR count). The predicted octanol–water partition coefficient (Wildman–Crippen LogP) is 0.380. The number of hydrogen-bond acceptors (Lipinski definition) is 4. The third-order valence-electron chi connectivity index (χ3n) is 2.66. The fraction of sp³-hybridized carbons (Fsp3) is 0.545. The summed E-state index contributed by atoms with van der Waals surface area (Å²) in [4.78, 5) is 10.9. The Morgan fingerprint density at radius 1 is 1.53 bits per heavy atom. The molecule has 0 spiro atoms. The summed E-state index contributed by atoms with van der Waals surface area (Å²) in [6, 6.07) is 1.15. The molecule has 0 saturated heterocycles. The standard InChI is InChI=1S/C11H18N2O5S/c1-4-18-6-5-13(3)19(16,17)9-7-10(11(14)15)12(2)8-9/h7-8H,4-6H2,1-3H3,(H,14,15). The summed E-state index contributed by atoms with van der Waals surface area (Å²) in [7, 11) is -0.764. The molecule has 0 bridgehead atoms. The number of carbonyl (C=O) groups is 1. The Morgan fingerprint density at radius 3 is 2.63 bits per heavy atom. The maximum absolute atomic E-state index is 12.2. The number of aromatic nitrogens is 1. The summed E-state index contributed by atoms with van der Waals surface area (Å²) in [6.45, 7) is 2.85. The highest BCUT2D eigenvalue weighted by Gasteiger charge is 2.24. The van der Waals surface area contributed by atoms with E-state index >= 15 is 0 Å². The van der Waals surface area contributed by atoms with Gasteiger partial charge in [-0.25, -0.2) is 13.2 Å². The lowest BCUT2D eigenvalue weighted by Gasteiger charge is -2.15. The number of carboxylic acids is 1. The first-order chi connectivity index (χ1) is 8.80. The van der Waals surface area contributed by atoms with Gasteiger partial charge in [-0.3, -0.25) is 0 Å². The highest BCUT2D eigenvalue weighted by molar-refractivity contribution is 7.89. The predicted molar refractivity (Wildman–Crippen MR) is 68.7 cm³/mol. The van der Waals surface area contributed by atoms with E-state index in [1.807, 2.05) is 6.92 Å². The van der Waals surface area contributed by atoms with Crippen molar-refractivity contribution in [1.82, 2.24) is 8.87 Å². The molecular weight excluding hydrogens is 272 g/mol. The molecule has 19 heavy (non-hydrogen) atoms. The van der Waals surface area contributed by atoms with Crippen molar-refractivity contribution in [3.63, 3.8) is 0 Å². The van der Waals surface area contributed by atoms with Crippen molar-refractivity contribution in [1.29, 1.82) is 0 Å². The molecule has 0 aromatic carbocycles. The number of nitrogens with zero attached hydrogens (tertiary/aromatic N) is 2. The molecule has 8 heteroatoms. The SMILES string of the molecule is CCOCCN(C)S(=O)(=O)c1cc(C(=O)O)n(C)c1. The molecule has 0 radical (unpaired) electrons. The smallest absolute Gasteiger partial charge is 0.352 e. The second-order valence-electron chi connectivity index (χ2n) is 4.00. The molecule has 0 atom stereocenters. The van der Waals surface area contributed by atoms with Gasteiger partial charge in [-0.1, -0.05) is 0 Å². The number of ether oxygens (including phenoxy) is 1. The molecule has 0 aliphatic rings. The van der Waals surface area contributed by atoms with Crippen LogP contribution in [0.3, 0.4) is 0 Å². The minimum absolute atomic E-state index is 0.0357. The number of rotatable bonds is 7. The van der Waals surface area contributed by atoms with Gasteiger partial charge in [0.2, 0.25) is 10.0 Å². The van der Waals surface area contributed by atoms with Crippen molar-refractivity contribution in [3.05, 3.63) is 18.0 Å². The lowest BCUT2D eigenvalue weighted by Crippen LogP contribution is -2.30. The average Bonchev–Trinajstić information content (AvgIpc) is 2.72. The largest absolute Gasteiger partial charge is 0.477 e. The number of aromatic carboxylic acids is 1. The van der Waals surface area contributed by atoms with Crippen LogP contribution in [0.5, 0.6) is 0 Å². The Balaban J connectivity index is 2.94. The molecule has 0 fully saturated rings. The van der Waals surface area contributed by atoms with Crippen LogP contribution in [0.4, 0.5) is 0 Å². The molecule has 0 unspecified atom stereocenters. The fourth-order valence-corrected chi connectivity index (χ4v) is 2.75. The minimum atomic E-state index is -3.69. The Kier molecular flexibility index (Phi) is 5.10. The number of likely N-dealkylation sites (N-methyl/N-ethyl adjacent to an activating group) is 1. The molecule has 108 valence electrons. The van der Waals surface area contributed by atoms with Crippen LogP contribution in [0.15, 0.2) is 17.2 Å². The number of sulfonamides is 1. The Hall–Kier alpha value is -1.38. The second-order valence-corrected chi connectivity index (χ2v) is 6.05. The quantitative estimate of drug-likeness (QED) is 0.733. The van der Waals surface area contributed by atoms with Crippen LogP contribution in [0.25, 0.3) is 0 Å². The number of hydrogen-bond donors (Lipinski definition) is 1. The van der Waals surface area contributed by atoms with Gasteiger partial charge in [0.05, 0.1) is 6.61 Å². The van der Waals surface area contributed by atoms with Gasteiger partial charge in [0.1, 0.15) is 10.6 Å². The molecule has 7 nitrogen and oxygen atoms in total. The van der Waals surface area contributed by atoms with Gasteiger partial charge in [0, 0.05) is 33.4 Å². The van der Waals surface area contributed by atoms with Gasteiger partial charge >= 0.3 is 5.97 Å². The zero-order valence-electron chi connectivity index (χ0n) is 11.2. The van der Waals surface area contributed by atoms with Gasteiger partial charge in [-0.05, 0) is 13.0 Å². The van der Waals surface area contributed by atoms with Crippen molar-refractivity contribution in [2.24, 2.45) is 7.05 Å². The van der Waals surface area contributed by atoms with E-state index in [2.05, 4.69) is 0 Å². The lowest BCUT2D eigenvalue weighted by atomic mass is 10.4. The summed E-state index contributed by atoms with van der Waals surface area (Å²) in [5, 5.41) is 8.91. The average molecular weight is 290 g/mol. The highest BCUT2D eigenvalue weighted by Crippen LogP contribution is 2.17. The number of aryl methyl sites for hydroxylation is 1. The Bertz CT molecular complexity index is 549. The topological polar surface area (TPSA) is 88.8 Å². The molecule has 1 aromatic heterocycles. The molecule has 1 aromatic rings. The first-order valence-corrected chi connectivity index (χ1v) is 7.18. The van der Waals surface area contributed by atoms with Crippen LogP contribution in [-0.2, 0) is 21.8 Å². The molecular formula is C11H18N2O5S. The van der Waals surface area contributed by atoms with Crippen LogP contribution in [0.2, 0.25) is 0 Å². The first-order valence-electron chi connectivity index (χ1n) is 5.74. The molecule has 1 heterocycles. The van der Waals surface area contributed by atoms with Gasteiger partial charge in [-0.2, -0.15) is 4.31 Å². The van der Waals surface area contributed by atoms with Crippen molar-refractivity contribution >= 4 is 16.0 Å². The van der Waals surface area contributed by atoms with E-state index in [0.717, 1.165) is 10.4 Å². The lowest BCUT2D eigenvalue weighted by molar-refractivity contribution is 0.0686. The summed E-state index contributed by atoms with van der Waals surface area (Å²) in [5.74, 6) is -1.17. The summed E-state index contributed by atoms with van der Waals surface area (Å²) in [6.07, 6.45) is 1.29. The summed E-state index contributed by atoms with van der Waals surface area (Å²) < 4.78 is 31.9. The normalized spacial score (nSPS) is 12.0. The first kappa shape index (κ1) is 15.7. The minimum Gasteiger partial charge on any atom is -0.477 e. The van der Waals surface area contributed by atoms with Crippen molar-refractivity contribution in [3.8, 4) is 0 Å². The fourth-order valence-electron chi connectivity index (χ4n) is 1.53. The van der Waals surface area contributed by atoms with E-state index in [0.29, 0.717) is 13.2 Å². The van der Waals surface area contributed by atoms with Crippen molar-refractivity contribution < 1.29 is 23.1 Å². The van der Waals surface area contributed by atoms with Crippen LogP contribution in [-0.4, -0.2) is 55.2 Å². The van der Waals surface area contributed by atoms with E-state index < -0.39 is 16.0 Å². The van der Waals surface area contributed by atoms with Gasteiger partial charge in [-0.15, -0.1) is 0 Å². The van der Waals surface area contributed by atoms with Gasteiger partial charge in [0.15, 0.2) is 0 Å². The van der Waals surface area contributed by atoms with Crippen molar-refractivity contribution in [2.45, 2.75) is 11.8 Å². The van der Waals surface area contributed by atoms with E-state index in [4.69, 9.17) is 9.84 Å². The van der Waals surface area contributed by atoms with Crippen LogP contribution in [0.1, 0.15) is 17.4 Å². The maximum atomic E-state index is 12.2. The Labute approximate surface area is 112 Å². The van der Waals surface area contributed by atoms with E-state index in [1.54, 1.807) is 0 Å². The third kappa shape index (κ3) is 3.55. The molecule has 1 N–H and O–H groups in total.